The highest BCUT2D eigenvalue weighted by atomic mass is 16.5. The molecule has 11 nitrogen and oxygen atoms in total. The van der Waals surface area contributed by atoms with Crippen LogP contribution in [0.15, 0.2) is 54.6 Å². The van der Waals surface area contributed by atoms with Crippen LogP contribution in [-0.2, 0) is 32.3 Å². The molecule has 0 saturated carbocycles. The van der Waals surface area contributed by atoms with Gasteiger partial charge in [0.2, 0.25) is 17.7 Å². The molecule has 3 amide bonds. The number of nitrogens with zero attached hydrogens (tertiary/aromatic N) is 4. The third-order valence-corrected chi connectivity index (χ3v) is 9.16. The smallest absolute Gasteiger partial charge is 0.247 e. The molecule has 2 aromatic carbocycles. The average Bonchev–Trinajstić information content (AvgIpc) is 3.64. The molecule has 210 valence electrons. The van der Waals surface area contributed by atoms with Crippen molar-refractivity contribution < 1.29 is 24.2 Å². The number of aromatic nitrogens is 3. The van der Waals surface area contributed by atoms with Crippen molar-refractivity contribution in [3.05, 3.63) is 60.2 Å². The molecule has 3 aliphatic heterocycles. The van der Waals surface area contributed by atoms with Gasteiger partial charge < -0.3 is 25.4 Å². The van der Waals surface area contributed by atoms with E-state index in [1.807, 2.05) is 68.4 Å². The Kier molecular flexibility index (Phi) is 6.38. The number of carbonyl (C=O) groups is 3. The molecule has 7 atom stereocenters. The fourth-order valence-electron chi connectivity index (χ4n) is 7.12. The molecular formula is C29H34N6O5. The maximum Gasteiger partial charge on any atom is 0.247 e. The Balaban J connectivity index is 1.31. The maximum atomic E-state index is 14.1. The van der Waals surface area contributed by atoms with E-state index in [0.29, 0.717) is 18.5 Å². The molecule has 40 heavy (non-hydrogen) atoms. The van der Waals surface area contributed by atoms with E-state index >= 15 is 0 Å². The molecule has 3 N–H and O–H groups in total. The van der Waals surface area contributed by atoms with Crippen molar-refractivity contribution in [2.45, 2.75) is 63.7 Å². The molecule has 3 aliphatic rings. The van der Waals surface area contributed by atoms with Gasteiger partial charge in [-0.1, -0.05) is 54.6 Å². The molecule has 4 heterocycles. The highest BCUT2D eigenvalue weighted by Crippen LogP contribution is 2.65. The number of carbonyl (C=O) groups excluding carboxylic acids is 3. The largest absolute Gasteiger partial charge is 0.394 e. The summed E-state index contributed by atoms with van der Waals surface area (Å²) in [5.41, 5.74) is 0.287. The first-order valence-corrected chi connectivity index (χ1v) is 13.7. The summed E-state index contributed by atoms with van der Waals surface area (Å²) in [7, 11) is 0. The molecule has 1 spiro atoms. The number of nitrogens with one attached hydrogen (secondary N) is 2. The number of benzene rings is 2. The van der Waals surface area contributed by atoms with Crippen molar-refractivity contribution in [1.29, 1.82) is 0 Å². The Morgan fingerprint density at radius 3 is 2.60 bits per heavy atom. The van der Waals surface area contributed by atoms with Crippen molar-refractivity contribution in [2.24, 2.45) is 17.8 Å². The van der Waals surface area contributed by atoms with Gasteiger partial charge in [0.05, 0.1) is 35.6 Å². The lowest BCUT2D eigenvalue weighted by molar-refractivity contribution is -0.150. The van der Waals surface area contributed by atoms with Crippen LogP contribution in [0.1, 0.15) is 32.8 Å². The zero-order chi connectivity index (χ0) is 28.2. The molecule has 3 aromatic rings. The third-order valence-electron chi connectivity index (χ3n) is 9.16. The minimum absolute atomic E-state index is 0.0416. The van der Waals surface area contributed by atoms with E-state index in [1.165, 1.54) is 4.90 Å². The molecule has 0 aliphatic carbocycles. The van der Waals surface area contributed by atoms with Crippen LogP contribution in [0.25, 0.3) is 11.0 Å². The van der Waals surface area contributed by atoms with Gasteiger partial charge in [0.1, 0.15) is 23.8 Å². The molecular weight excluding hydrogens is 512 g/mol. The van der Waals surface area contributed by atoms with Crippen LogP contribution in [0.2, 0.25) is 0 Å². The van der Waals surface area contributed by atoms with Crippen molar-refractivity contribution in [1.82, 2.24) is 30.5 Å². The van der Waals surface area contributed by atoms with E-state index in [1.54, 1.807) is 11.6 Å². The third kappa shape index (κ3) is 3.82. The van der Waals surface area contributed by atoms with Gasteiger partial charge in [-0.15, -0.1) is 5.10 Å². The quantitative estimate of drug-likeness (QED) is 0.386. The Morgan fingerprint density at radius 2 is 1.85 bits per heavy atom. The number of para-hydroxylation sites is 1. The SMILES string of the molecule is CC1CC23O[C@@]1(C)[C@H](C(=O)NCc1ccccc1)[C@H]2C(=O)N([C@H](C)CO)C3C(=O)NCn1nnc2ccccc21. The number of fused-ring (bicyclic) bond motifs is 2. The summed E-state index contributed by atoms with van der Waals surface area (Å²) in [6, 6.07) is 15.3. The molecule has 11 heteroatoms. The zero-order valence-corrected chi connectivity index (χ0v) is 22.8. The number of rotatable bonds is 8. The summed E-state index contributed by atoms with van der Waals surface area (Å²) in [4.78, 5) is 43.2. The lowest BCUT2D eigenvalue weighted by Gasteiger charge is -2.36. The van der Waals surface area contributed by atoms with Gasteiger partial charge in [-0.25, -0.2) is 4.68 Å². The highest BCUT2D eigenvalue weighted by molar-refractivity contribution is 5.99. The predicted molar refractivity (Wildman–Crippen MR) is 144 cm³/mol. The van der Waals surface area contributed by atoms with Gasteiger partial charge in [-0.3, -0.25) is 14.4 Å². The van der Waals surface area contributed by atoms with Crippen LogP contribution >= 0.6 is 0 Å². The summed E-state index contributed by atoms with van der Waals surface area (Å²) in [5.74, 6) is -2.74. The minimum Gasteiger partial charge on any atom is -0.394 e. The molecule has 6 rings (SSSR count). The van der Waals surface area contributed by atoms with Crippen LogP contribution in [0.5, 0.6) is 0 Å². The summed E-state index contributed by atoms with van der Waals surface area (Å²) in [5, 5.41) is 24.3. The molecule has 3 fully saturated rings. The van der Waals surface area contributed by atoms with Crippen LogP contribution in [0.4, 0.5) is 0 Å². The van der Waals surface area contributed by atoms with Crippen molar-refractivity contribution >= 4 is 28.8 Å². The zero-order valence-electron chi connectivity index (χ0n) is 22.8. The number of likely N-dealkylation sites (tertiary alicyclic amines) is 1. The topological polar surface area (TPSA) is 139 Å². The average molecular weight is 547 g/mol. The second kappa shape index (κ2) is 9.67. The number of hydrogen-bond donors (Lipinski definition) is 3. The predicted octanol–water partition coefficient (Wildman–Crippen LogP) is 1.21. The molecule has 1 aromatic heterocycles. The number of amides is 3. The van der Waals surface area contributed by atoms with E-state index in [0.717, 1.165) is 11.1 Å². The Hall–Kier alpha value is -3.83. The van der Waals surface area contributed by atoms with Gasteiger partial charge in [0.25, 0.3) is 0 Å². The van der Waals surface area contributed by atoms with Gasteiger partial charge >= 0.3 is 0 Å². The lowest BCUT2D eigenvalue weighted by atomic mass is 9.62. The van der Waals surface area contributed by atoms with Gasteiger partial charge in [-0.05, 0) is 43.9 Å². The van der Waals surface area contributed by atoms with Gasteiger partial charge in [0.15, 0.2) is 0 Å². The summed E-state index contributed by atoms with van der Waals surface area (Å²) in [6.07, 6.45) is 0.446. The summed E-state index contributed by atoms with van der Waals surface area (Å²) >= 11 is 0. The fraction of sp³-hybridized carbons (Fsp3) is 0.483. The maximum absolute atomic E-state index is 14.1. The first-order chi connectivity index (χ1) is 19.2. The van der Waals surface area contributed by atoms with Crippen LogP contribution in [-0.4, -0.2) is 72.6 Å². The number of aliphatic hydroxyl groups excluding tert-OH is 1. The van der Waals surface area contributed by atoms with Crippen molar-refractivity contribution in [2.75, 3.05) is 6.61 Å². The van der Waals surface area contributed by atoms with Crippen LogP contribution in [0, 0.1) is 17.8 Å². The van der Waals surface area contributed by atoms with E-state index in [2.05, 4.69) is 20.9 Å². The first kappa shape index (κ1) is 26.4. The van der Waals surface area contributed by atoms with E-state index in [9.17, 15) is 19.5 Å². The van der Waals surface area contributed by atoms with Gasteiger partial charge in [-0.2, -0.15) is 0 Å². The molecule has 0 radical (unpaired) electrons. The Morgan fingerprint density at radius 1 is 1.12 bits per heavy atom. The highest BCUT2D eigenvalue weighted by Gasteiger charge is 2.80. The standard InChI is InChI=1S/C29H34N6O5/c1-17-13-29-23(22(28(17,3)40-29)25(37)30-14-19-9-5-4-6-10-19)27(39)35(18(2)15-36)24(29)26(38)31-16-34-21-12-8-7-11-20(21)32-33-34/h4-12,17-18,22-24,36H,13-16H2,1-3H3,(H,30,37)(H,31,38)/t17?,18-,22+,23+,24?,28-,29?/m1/s1. The van der Waals surface area contributed by atoms with E-state index in [4.69, 9.17) is 4.74 Å². The second-order valence-electron chi connectivity index (χ2n) is 11.5. The first-order valence-electron chi connectivity index (χ1n) is 13.7. The summed E-state index contributed by atoms with van der Waals surface area (Å²) < 4.78 is 8.28. The lowest BCUT2D eigenvalue weighted by Crippen LogP contribution is -2.57. The number of aliphatic hydroxyl groups is 1. The fourth-order valence-corrected chi connectivity index (χ4v) is 7.12. The summed E-state index contributed by atoms with van der Waals surface area (Å²) in [6.45, 7) is 5.61. The van der Waals surface area contributed by atoms with Gasteiger partial charge in [0, 0.05) is 6.54 Å². The number of hydrogen-bond acceptors (Lipinski definition) is 7. The molecule has 3 unspecified atom stereocenters. The molecule has 2 bridgehead atoms. The van der Waals surface area contributed by atoms with Crippen molar-refractivity contribution in [3.8, 4) is 0 Å². The van der Waals surface area contributed by atoms with Crippen LogP contribution in [0.3, 0.4) is 0 Å². The Labute approximate surface area is 231 Å². The molecule has 3 saturated heterocycles. The normalized spacial score (nSPS) is 31.4. The minimum atomic E-state index is -1.20. The Bertz CT molecular complexity index is 1460. The van der Waals surface area contributed by atoms with E-state index < -0.39 is 41.0 Å². The van der Waals surface area contributed by atoms with E-state index in [-0.39, 0.29) is 31.0 Å². The monoisotopic (exact) mass is 546 g/mol. The van der Waals surface area contributed by atoms with Crippen molar-refractivity contribution in [3.63, 3.8) is 0 Å². The number of ether oxygens (including phenoxy) is 1. The second-order valence-corrected chi connectivity index (χ2v) is 11.5. The van der Waals surface area contributed by atoms with Crippen LogP contribution < -0.4 is 10.6 Å².